The van der Waals surface area contributed by atoms with E-state index in [1.54, 1.807) is 13.7 Å². The minimum Gasteiger partial charge on any atom is -0.437 e. The van der Waals surface area contributed by atoms with Gasteiger partial charge in [0, 0.05) is 0 Å². The van der Waals surface area contributed by atoms with Crippen molar-refractivity contribution in [1.82, 2.24) is 5.23 Å². The minimum absolute atomic E-state index is 0.0876. The highest BCUT2D eigenvalue weighted by Crippen LogP contribution is 2.05. The molecule has 0 aromatic heterocycles. The Labute approximate surface area is 74.7 Å². The number of Topliss-reactive ketones (excluding diaryl/α,β-unsaturated/α-hetero) is 1. The van der Waals surface area contributed by atoms with Crippen molar-refractivity contribution in [1.29, 1.82) is 0 Å². The molecule has 0 fully saturated rings. The van der Waals surface area contributed by atoms with E-state index in [1.807, 2.05) is 0 Å². The molecule has 0 aliphatic carbocycles. The first-order valence-electron chi connectivity index (χ1n) is 4.38. The van der Waals surface area contributed by atoms with Gasteiger partial charge in [0.2, 0.25) is 0 Å². The zero-order valence-electron chi connectivity index (χ0n) is 8.29. The molecule has 0 amide bonds. The summed E-state index contributed by atoms with van der Waals surface area (Å²) in [5.41, 5.74) is 0. The maximum Gasteiger partial charge on any atom is 0.374 e. The van der Waals surface area contributed by atoms with Gasteiger partial charge in [-0.15, -0.1) is 0 Å². The van der Waals surface area contributed by atoms with E-state index in [1.165, 1.54) is 0 Å². The van der Waals surface area contributed by atoms with E-state index < -0.39 is 7.05 Å². The van der Waals surface area contributed by atoms with Crippen molar-refractivity contribution in [2.75, 3.05) is 0 Å². The molecule has 2 N–H and O–H groups in total. The molecule has 0 saturated heterocycles. The zero-order valence-corrected chi connectivity index (χ0v) is 8.29. The molecular weight excluding hydrogens is 153 g/mol. The topological polar surface area (TPSA) is 49.3 Å². The van der Waals surface area contributed by atoms with E-state index in [9.17, 15) is 4.79 Å². The van der Waals surface area contributed by atoms with Crippen LogP contribution in [-0.2, 0) is 4.79 Å². The average molecular weight is 171 g/mol. The Hall–Kier alpha value is -0.345. The number of hydrogen-bond donors (Lipinski definition) is 2. The standard InChI is InChI=1S/C8H18BNO2/c1-6(2)5-8(7(3)11)10-9(4)12/h6,8,10,12H,5H2,1-4H3. The van der Waals surface area contributed by atoms with Gasteiger partial charge in [-0.1, -0.05) is 13.8 Å². The molecule has 3 nitrogen and oxygen atoms in total. The van der Waals surface area contributed by atoms with E-state index in [0.29, 0.717) is 5.92 Å². The summed E-state index contributed by atoms with van der Waals surface area (Å²) in [6, 6.07) is -0.204. The fraction of sp³-hybridized carbons (Fsp3) is 0.875. The molecule has 4 heteroatoms. The highest BCUT2D eigenvalue weighted by Gasteiger charge is 2.18. The lowest BCUT2D eigenvalue weighted by Gasteiger charge is -2.18. The second-order valence-corrected chi connectivity index (χ2v) is 3.64. The van der Waals surface area contributed by atoms with Crippen LogP contribution in [0.25, 0.3) is 0 Å². The molecule has 0 bridgehead atoms. The van der Waals surface area contributed by atoms with Gasteiger partial charge in [-0.25, -0.2) is 0 Å². The summed E-state index contributed by atoms with van der Waals surface area (Å²) in [5.74, 6) is 0.551. The quantitative estimate of drug-likeness (QED) is 0.598. The van der Waals surface area contributed by atoms with Crippen LogP contribution in [0.3, 0.4) is 0 Å². The molecule has 0 spiro atoms. The summed E-state index contributed by atoms with van der Waals surface area (Å²) in [6.07, 6.45) is 0.778. The van der Waals surface area contributed by atoms with Gasteiger partial charge in [0.05, 0.1) is 6.04 Å². The van der Waals surface area contributed by atoms with Crippen LogP contribution >= 0.6 is 0 Å². The molecule has 0 aliphatic rings. The molecule has 0 aromatic carbocycles. The Morgan fingerprint density at radius 3 is 2.33 bits per heavy atom. The van der Waals surface area contributed by atoms with Crippen LogP contribution in [0.2, 0.25) is 6.82 Å². The van der Waals surface area contributed by atoms with Crippen molar-refractivity contribution < 1.29 is 9.82 Å². The number of ketones is 1. The molecule has 0 aromatic rings. The largest absolute Gasteiger partial charge is 0.437 e. The first kappa shape index (κ1) is 11.7. The van der Waals surface area contributed by atoms with Crippen LogP contribution in [0.1, 0.15) is 27.2 Å². The third kappa shape index (κ3) is 5.32. The average Bonchev–Trinajstić information content (AvgIpc) is 1.83. The molecule has 1 unspecified atom stereocenters. The van der Waals surface area contributed by atoms with Crippen molar-refractivity contribution in [3.05, 3.63) is 0 Å². The summed E-state index contributed by atoms with van der Waals surface area (Å²) >= 11 is 0. The van der Waals surface area contributed by atoms with Crippen molar-refractivity contribution in [3.63, 3.8) is 0 Å². The summed E-state index contributed by atoms with van der Waals surface area (Å²) < 4.78 is 0. The highest BCUT2D eigenvalue weighted by molar-refractivity contribution is 6.46. The molecule has 70 valence electrons. The predicted molar refractivity (Wildman–Crippen MR) is 50.9 cm³/mol. The first-order chi connectivity index (χ1) is 5.43. The Kier molecular flexibility index (Phi) is 5.17. The Balaban J connectivity index is 3.96. The third-order valence-corrected chi connectivity index (χ3v) is 1.64. The smallest absolute Gasteiger partial charge is 0.374 e. The molecular formula is C8H18BNO2. The molecule has 0 rings (SSSR count). The SMILES string of the molecule is CB(O)NC(CC(C)C)C(C)=O. The second-order valence-electron chi connectivity index (χ2n) is 3.64. The lowest BCUT2D eigenvalue weighted by atomic mass is 9.85. The number of hydrogen-bond acceptors (Lipinski definition) is 3. The molecule has 0 radical (unpaired) electrons. The van der Waals surface area contributed by atoms with E-state index in [-0.39, 0.29) is 11.8 Å². The maximum atomic E-state index is 11.0. The predicted octanol–water partition coefficient (Wildman–Crippen LogP) is 0.690. The first-order valence-corrected chi connectivity index (χ1v) is 4.38. The molecule has 12 heavy (non-hydrogen) atoms. The molecule has 1 atom stereocenters. The van der Waals surface area contributed by atoms with Crippen LogP contribution in [-0.4, -0.2) is 23.9 Å². The number of nitrogens with one attached hydrogen (secondary N) is 1. The molecule has 0 saturated carbocycles. The van der Waals surface area contributed by atoms with Gasteiger partial charge < -0.3 is 10.3 Å². The van der Waals surface area contributed by atoms with E-state index in [2.05, 4.69) is 19.1 Å². The second kappa shape index (κ2) is 5.33. The lowest BCUT2D eigenvalue weighted by Crippen LogP contribution is -2.44. The minimum atomic E-state index is -0.613. The highest BCUT2D eigenvalue weighted by atomic mass is 16.2. The van der Waals surface area contributed by atoms with Crippen LogP contribution in [0.15, 0.2) is 0 Å². The normalized spacial score (nSPS) is 13.2. The molecule has 0 heterocycles. The van der Waals surface area contributed by atoms with Gasteiger partial charge in [-0.3, -0.25) is 4.79 Å². The van der Waals surface area contributed by atoms with Gasteiger partial charge in [-0.2, -0.15) is 0 Å². The van der Waals surface area contributed by atoms with E-state index in [4.69, 9.17) is 5.02 Å². The third-order valence-electron chi connectivity index (χ3n) is 1.64. The Morgan fingerprint density at radius 2 is 2.08 bits per heavy atom. The van der Waals surface area contributed by atoms with Crippen molar-refractivity contribution >= 4 is 12.8 Å². The Morgan fingerprint density at radius 1 is 1.58 bits per heavy atom. The van der Waals surface area contributed by atoms with Crippen LogP contribution in [0.5, 0.6) is 0 Å². The maximum absolute atomic E-state index is 11.0. The van der Waals surface area contributed by atoms with Gasteiger partial charge in [-0.05, 0) is 26.1 Å². The Bertz CT molecular complexity index is 138. The monoisotopic (exact) mass is 171 g/mol. The zero-order chi connectivity index (χ0) is 9.72. The van der Waals surface area contributed by atoms with Gasteiger partial charge in [0.25, 0.3) is 0 Å². The summed E-state index contributed by atoms with van der Waals surface area (Å²) in [7, 11) is -0.613. The van der Waals surface area contributed by atoms with Gasteiger partial charge in [0.1, 0.15) is 5.78 Å². The number of carbonyl (C=O) groups is 1. The van der Waals surface area contributed by atoms with Gasteiger partial charge >= 0.3 is 7.05 Å². The van der Waals surface area contributed by atoms with Crippen molar-refractivity contribution in [2.24, 2.45) is 5.92 Å². The van der Waals surface area contributed by atoms with Crippen LogP contribution in [0, 0.1) is 5.92 Å². The fourth-order valence-corrected chi connectivity index (χ4v) is 1.11. The van der Waals surface area contributed by atoms with E-state index >= 15 is 0 Å². The fourth-order valence-electron chi connectivity index (χ4n) is 1.11. The lowest BCUT2D eigenvalue weighted by molar-refractivity contribution is -0.119. The number of rotatable bonds is 5. The molecule has 0 aliphatic heterocycles. The summed E-state index contributed by atoms with van der Waals surface area (Å²) in [5, 5.41) is 11.8. The summed E-state index contributed by atoms with van der Waals surface area (Å²) in [6.45, 7) is 7.28. The number of carbonyl (C=O) groups excluding carboxylic acids is 1. The van der Waals surface area contributed by atoms with Crippen molar-refractivity contribution in [2.45, 2.75) is 40.1 Å². The van der Waals surface area contributed by atoms with Crippen LogP contribution in [0.4, 0.5) is 0 Å². The van der Waals surface area contributed by atoms with Crippen LogP contribution < -0.4 is 5.23 Å². The summed E-state index contributed by atoms with van der Waals surface area (Å²) in [4.78, 5) is 11.0. The van der Waals surface area contributed by atoms with Crippen molar-refractivity contribution in [3.8, 4) is 0 Å². The van der Waals surface area contributed by atoms with Gasteiger partial charge in [0.15, 0.2) is 0 Å². The van der Waals surface area contributed by atoms with E-state index in [0.717, 1.165) is 6.42 Å².